The van der Waals surface area contributed by atoms with E-state index < -0.39 is 34.1 Å². The highest BCUT2D eigenvalue weighted by atomic mass is 79.9. The van der Waals surface area contributed by atoms with E-state index in [0.717, 1.165) is 14.3 Å². The largest absolute Gasteiger partial charge is 0.350 e. The molecule has 0 spiro atoms. The highest BCUT2D eigenvalue weighted by Crippen LogP contribution is 2.27. The van der Waals surface area contributed by atoms with Crippen molar-refractivity contribution in [2.45, 2.75) is 57.6 Å². The SMILES string of the molecule is Cc1ccc(S(=O)(=O)N(CC(=O)N(Cc2ccc(Cl)c(Cl)c2)[C@@H](C)C(=O)NC(C)(C)C)c2ccc(Br)cc2)cc1. The van der Waals surface area contributed by atoms with Crippen LogP contribution in [-0.4, -0.2) is 43.3 Å². The minimum Gasteiger partial charge on any atom is -0.350 e. The monoisotopic (exact) mass is 667 g/mol. The van der Waals surface area contributed by atoms with Gasteiger partial charge < -0.3 is 10.2 Å². The summed E-state index contributed by atoms with van der Waals surface area (Å²) in [7, 11) is -4.14. The van der Waals surface area contributed by atoms with E-state index in [0.29, 0.717) is 21.3 Å². The molecule has 11 heteroatoms. The summed E-state index contributed by atoms with van der Waals surface area (Å²) < 4.78 is 29.5. The van der Waals surface area contributed by atoms with Gasteiger partial charge in [-0.3, -0.25) is 13.9 Å². The summed E-state index contributed by atoms with van der Waals surface area (Å²) in [5.74, 6) is -0.946. The number of halogens is 3. The molecular formula is C29H32BrCl2N3O4S. The third-order valence-corrected chi connectivity index (χ3v) is 9.06. The third-order valence-electron chi connectivity index (χ3n) is 6.00. The van der Waals surface area contributed by atoms with Gasteiger partial charge in [-0.2, -0.15) is 0 Å². The Bertz CT molecular complexity index is 1470. The molecule has 0 aliphatic rings. The Morgan fingerprint density at radius 2 is 1.55 bits per heavy atom. The van der Waals surface area contributed by atoms with Gasteiger partial charge in [0.05, 0.1) is 20.6 Å². The maximum atomic E-state index is 14.0. The summed E-state index contributed by atoms with van der Waals surface area (Å²) in [5.41, 5.74) is 1.30. The number of amides is 2. The first-order chi connectivity index (χ1) is 18.6. The molecule has 40 heavy (non-hydrogen) atoms. The van der Waals surface area contributed by atoms with Crippen molar-refractivity contribution in [3.63, 3.8) is 0 Å². The van der Waals surface area contributed by atoms with Gasteiger partial charge in [0.1, 0.15) is 12.6 Å². The van der Waals surface area contributed by atoms with Crippen LogP contribution in [0.4, 0.5) is 5.69 Å². The van der Waals surface area contributed by atoms with E-state index in [2.05, 4.69) is 21.2 Å². The molecule has 0 aliphatic heterocycles. The van der Waals surface area contributed by atoms with Crippen LogP contribution in [0.3, 0.4) is 0 Å². The first-order valence-corrected chi connectivity index (χ1v) is 15.5. The number of rotatable bonds is 9. The fourth-order valence-electron chi connectivity index (χ4n) is 3.86. The molecule has 0 saturated heterocycles. The van der Waals surface area contributed by atoms with Crippen molar-refractivity contribution >= 4 is 66.7 Å². The van der Waals surface area contributed by atoms with E-state index in [9.17, 15) is 18.0 Å². The van der Waals surface area contributed by atoms with Crippen molar-refractivity contribution in [1.29, 1.82) is 0 Å². The number of nitrogens with zero attached hydrogens (tertiary/aromatic N) is 2. The van der Waals surface area contributed by atoms with Crippen LogP contribution in [0.25, 0.3) is 0 Å². The normalized spacial score (nSPS) is 12.5. The fourth-order valence-corrected chi connectivity index (χ4v) is 5.86. The summed E-state index contributed by atoms with van der Waals surface area (Å²) in [5, 5.41) is 3.55. The van der Waals surface area contributed by atoms with Crippen LogP contribution in [0, 0.1) is 6.92 Å². The number of sulfonamides is 1. The van der Waals surface area contributed by atoms with Crippen LogP contribution >= 0.6 is 39.1 Å². The number of hydrogen-bond acceptors (Lipinski definition) is 4. The van der Waals surface area contributed by atoms with Crippen LogP contribution in [0.1, 0.15) is 38.8 Å². The Kier molecular flexibility index (Phi) is 10.3. The zero-order chi connectivity index (χ0) is 29.8. The lowest BCUT2D eigenvalue weighted by Gasteiger charge is -2.33. The summed E-state index contributed by atoms with van der Waals surface area (Å²) in [6, 6.07) is 17.0. The lowest BCUT2D eigenvalue weighted by molar-refractivity contribution is -0.140. The topological polar surface area (TPSA) is 86.8 Å². The highest BCUT2D eigenvalue weighted by molar-refractivity contribution is 9.10. The zero-order valence-corrected chi connectivity index (χ0v) is 26.8. The highest BCUT2D eigenvalue weighted by Gasteiger charge is 2.33. The molecule has 0 aliphatic carbocycles. The molecule has 7 nitrogen and oxygen atoms in total. The van der Waals surface area contributed by atoms with E-state index in [-0.39, 0.29) is 17.3 Å². The number of nitrogens with one attached hydrogen (secondary N) is 1. The maximum Gasteiger partial charge on any atom is 0.264 e. The Morgan fingerprint density at radius 3 is 2.10 bits per heavy atom. The average Bonchev–Trinajstić information content (AvgIpc) is 2.87. The van der Waals surface area contributed by atoms with Gasteiger partial charge in [-0.25, -0.2) is 8.42 Å². The van der Waals surface area contributed by atoms with Gasteiger partial charge in [0.15, 0.2) is 0 Å². The van der Waals surface area contributed by atoms with Crippen LogP contribution in [0.15, 0.2) is 76.1 Å². The second-order valence-electron chi connectivity index (χ2n) is 10.5. The molecule has 0 radical (unpaired) electrons. The molecule has 0 aromatic heterocycles. The van der Waals surface area contributed by atoms with Gasteiger partial charge in [-0.15, -0.1) is 0 Å². The van der Waals surface area contributed by atoms with Crippen molar-refractivity contribution < 1.29 is 18.0 Å². The van der Waals surface area contributed by atoms with Crippen LogP contribution in [-0.2, 0) is 26.2 Å². The van der Waals surface area contributed by atoms with Crippen LogP contribution in [0.2, 0.25) is 10.0 Å². The first kappa shape index (κ1) is 31.9. The van der Waals surface area contributed by atoms with Gasteiger partial charge in [0.25, 0.3) is 10.0 Å². The molecule has 0 saturated carbocycles. The summed E-state index contributed by atoms with van der Waals surface area (Å²) in [6.07, 6.45) is 0. The number of anilines is 1. The molecule has 3 rings (SSSR count). The van der Waals surface area contributed by atoms with Crippen molar-refractivity contribution in [2.75, 3.05) is 10.8 Å². The van der Waals surface area contributed by atoms with Gasteiger partial charge >= 0.3 is 0 Å². The minimum absolute atomic E-state index is 0.00715. The molecular weight excluding hydrogens is 637 g/mol. The molecule has 3 aromatic carbocycles. The summed E-state index contributed by atoms with van der Waals surface area (Å²) in [4.78, 5) is 28.5. The van der Waals surface area contributed by atoms with Gasteiger partial charge in [0, 0.05) is 16.6 Å². The Balaban J connectivity index is 2.04. The van der Waals surface area contributed by atoms with E-state index in [1.54, 1.807) is 61.5 Å². The average molecular weight is 669 g/mol. The Hall–Kier alpha value is -2.59. The smallest absolute Gasteiger partial charge is 0.264 e. The summed E-state index contributed by atoms with van der Waals surface area (Å²) in [6.45, 7) is 8.45. The minimum atomic E-state index is -4.14. The van der Waals surface area contributed by atoms with Crippen molar-refractivity contribution in [2.24, 2.45) is 0 Å². The molecule has 2 amide bonds. The number of carbonyl (C=O) groups is 2. The second kappa shape index (κ2) is 12.9. The molecule has 0 unspecified atom stereocenters. The molecule has 214 valence electrons. The number of aryl methyl sites for hydroxylation is 1. The van der Waals surface area contributed by atoms with E-state index >= 15 is 0 Å². The molecule has 0 fully saturated rings. The molecule has 3 aromatic rings. The van der Waals surface area contributed by atoms with E-state index in [1.165, 1.54) is 17.0 Å². The quantitative estimate of drug-likeness (QED) is 0.279. The Morgan fingerprint density at radius 1 is 0.950 bits per heavy atom. The van der Waals surface area contributed by atoms with Gasteiger partial charge in [-0.05, 0) is 88.7 Å². The second-order valence-corrected chi connectivity index (χ2v) is 14.1. The zero-order valence-electron chi connectivity index (χ0n) is 22.9. The van der Waals surface area contributed by atoms with Crippen molar-refractivity contribution in [1.82, 2.24) is 10.2 Å². The van der Waals surface area contributed by atoms with Crippen molar-refractivity contribution in [3.05, 3.63) is 92.4 Å². The Labute approximate surface area is 254 Å². The number of benzene rings is 3. The van der Waals surface area contributed by atoms with Gasteiger partial charge in [-0.1, -0.05) is 62.9 Å². The number of carbonyl (C=O) groups excluding carboxylic acids is 2. The third kappa shape index (κ3) is 8.22. The molecule has 0 bridgehead atoms. The predicted octanol–water partition coefficient (Wildman–Crippen LogP) is 6.59. The lowest BCUT2D eigenvalue weighted by Crippen LogP contribution is -2.54. The molecule has 1 N–H and O–H groups in total. The summed E-state index contributed by atoms with van der Waals surface area (Å²) >= 11 is 15.7. The number of hydrogen-bond donors (Lipinski definition) is 1. The molecule has 0 heterocycles. The fraction of sp³-hybridized carbons (Fsp3) is 0.310. The maximum absolute atomic E-state index is 14.0. The van der Waals surface area contributed by atoms with Crippen LogP contribution in [0.5, 0.6) is 0 Å². The standard InChI is InChI=1S/C29H32BrCl2N3O4S/c1-19-6-13-24(14-7-19)40(38,39)35(23-11-9-22(30)10-12-23)18-27(36)34(20(2)28(37)33-29(3,4)5)17-21-8-15-25(31)26(32)16-21/h6-16,20H,17-18H2,1-5H3,(H,33,37)/t20-/m0/s1. The molecule has 1 atom stereocenters. The van der Waals surface area contributed by atoms with Crippen molar-refractivity contribution in [3.8, 4) is 0 Å². The van der Waals surface area contributed by atoms with E-state index in [1.807, 2.05) is 27.7 Å². The van der Waals surface area contributed by atoms with Gasteiger partial charge in [0.2, 0.25) is 11.8 Å². The van der Waals surface area contributed by atoms with Crippen LogP contribution < -0.4 is 9.62 Å². The lowest BCUT2D eigenvalue weighted by atomic mass is 10.1. The first-order valence-electron chi connectivity index (χ1n) is 12.5. The predicted molar refractivity (Wildman–Crippen MR) is 164 cm³/mol. The van der Waals surface area contributed by atoms with E-state index in [4.69, 9.17) is 23.2 Å².